The fourth-order valence-electron chi connectivity index (χ4n) is 11.9. The van der Waals surface area contributed by atoms with Crippen LogP contribution < -0.4 is 5.11 Å². The van der Waals surface area contributed by atoms with Crippen molar-refractivity contribution < 1.29 is 42.9 Å². The number of carbonyl (C=O) groups excluding carboxylic acids is 3. The summed E-state index contributed by atoms with van der Waals surface area (Å²) in [5.74, 6) is -2.26. The number of allylic oxidation sites excluding steroid dienone is 20. The Labute approximate surface area is 612 Å². The van der Waals surface area contributed by atoms with Gasteiger partial charge in [0.1, 0.15) is 13.2 Å². The average Bonchev–Trinajstić information content (AvgIpc) is 1.16. The quantitative estimate of drug-likeness (QED) is 0.0195. The van der Waals surface area contributed by atoms with Gasteiger partial charge in [0.2, 0.25) is 0 Å². The zero-order valence-corrected chi connectivity index (χ0v) is 65.3. The van der Waals surface area contributed by atoms with Crippen molar-refractivity contribution in [1.82, 2.24) is 0 Å². The van der Waals surface area contributed by atoms with E-state index in [0.717, 1.165) is 103 Å². The van der Waals surface area contributed by atoms with Crippen molar-refractivity contribution in [2.24, 2.45) is 0 Å². The van der Waals surface area contributed by atoms with Crippen LogP contribution >= 0.6 is 0 Å². The van der Waals surface area contributed by atoms with E-state index < -0.39 is 24.3 Å². The SMILES string of the molecule is CC/C=C\C/C=C\C/C=C\C/C=C\C/C=C\C/C=C\CCCCCCCCCCCCCCCCCCC(=O)OC(COC(=O)CCCCCCCCCCCCCCCCCCCCCCCCCCCC/C=C\C/C=C\C/C=C\C/C=C\CC)COC(OCC[N+](C)(C)C)C(=O)[O-]. The third-order valence-electron chi connectivity index (χ3n) is 18.2. The maximum absolute atomic E-state index is 13.0. The normalized spacial score (nSPS) is 13.3. The molecule has 2 atom stereocenters. The first-order valence-electron chi connectivity index (χ1n) is 41.7. The molecule has 0 spiro atoms. The molecule has 570 valence electrons. The zero-order chi connectivity index (χ0) is 71.8. The monoisotopic (exact) mass is 1380 g/mol. The van der Waals surface area contributed by atoms with Gasteiger partial charge in [0, 0.05) is 12.8 Å². The molecule has 0 aliphatic carbocycles. The maximum atomic E-state index is 13.0. The van der Waals surface area contributed by atoms with E-state index in [1.165, 1.54) is 238 Å². The minimum Gasteiger partial charge on any atom is -0.545 e. The van der Waals surface area contributed by atoms with Crippen LogP contribution in [0.4, 0.5) is 0 Å². The van der Waals surface area contributed by atoms with Crippen molar-refractivity contribution in [2.45, 2.75) is 386 Å². The fourth-order valence-corrected chi connectivity index (χ4v) is 11.9. The highest BCUT2D eigenvalue weighted by Crippen LogP contribution is 2.19. The number of quaternary nitrogens is 1. The fraction of sp³-hybridized carbons (Fsp3) is 0.744. The summed E-state index contributed by atoms with van der Waals surface area (Å²) in [6, 6.07) is 0. The molecule has 0 heterocycles. The Morgan fingerprint density at radius 2 is 0.545 bits per heavy atom. The van der Waals surface area contributed by atoms with E-state index in [1.807, 2.05) is 21.1 Å². The summed E-state index contributed by atoms with van der Waals surface area (Å²) in [4.78, 5) is 37.7. The van der Waals surface area contributed by atoms with Crippen LogP contribution in [0.25, 0.3) is 0 Å². The molecule has 9 nitrogen and oxygen atoms in total. The molecule has 0 aliphatic rings. The summed E-state index contributed by atoms with van der Waals surface area (Å²) >= 11 is 0. The molecule has 9 heteroatoms. The van der Waals surface area contributed by atoms with Gasteiger partial charge in [0.25, 0.3) is 0 Å². The molecule has 0 rings (SSSR count). The lowest BCUT2D eigenvalue weighted by Crippen LogP contribution is -2.44. The van der Waals surface area contributed by atoms with Crippen molar-refractivity contribution in [1.29, 1.82) is 0 Å². The van der Waals surface area contributed by atoms with Crippen LogP contribution in [0.2, 0.25) is 0 Å². The summed E-state index contributed by atoms with van der Waals surface area (Å²) in [6.07, 6.45) is 110. The number of carbonyl (C=O) groups is 3. The van der Waals surface area contributed by atoms with Gasteiger partial charge >= 0.3 is 11.9 Å². The summed E-state index contributed by atoms with van der Waals surface area (Å²) in [6.45, 7) is 4.57. The summed E-state index contributed by atoms with van der Waals surface area (Å²) in [5.41, 5.74) is 0. The first kappa shape index (κ1) is 94.7. The van der Waals surface area contributed by atoms with Crippen molar-refractivity contribution in [3.8, 4) is 0 Å². The Bertz CT molecular complexity index is 2050. The number of carboxylic acids is 1. The number of likely N-dealkylation sites (N-methyl/N-ethyl adjacent to an activating group) is 1. The van der Waals surface area contributed by atoms with Crippen LogP contribution in [0.15, 0.2) is 122 Å². The molecule has 0 amide bonds. The van der Waals surface area contributed by atoms with Crippen molar-refractivity contribution in [3.05, 3.63) is 122 Å². The van der Waals surface area contributed by atoms with Gasteiger partial charge in [0.05, 0.1) is 40.3 Å². The third-order valence-corrected chi connectivity index (χ3v) is 18.2. The van der Waals surface area contributed by atoms with Gasteiger partial charge < -0.3 is 33.3 Å². The molecule has 0 aromatic rings. The molecule has 0 N–H and O–H groups in total. The molecular weight excluding hydrogens is 1220 g/mol. The van der Waals surface area contributed by atoms with E-state index in [-0.39, 0.29) is 32.2 Å². The molecule has 0 bridgehead atoms. The van der Waals surface area contributed by atoms with E-state index in [4.69, 9.17) is 18.9 Å². The topological polar surface area (TPSA) is 111 Å². The minimum atomic E-state index is -1.63. The van der Waals surface area contributed by atoms with Crippen LogP contribution in [0.3, 0.4) is 0 Å². The molecule has 2 unspecified atom stereocenters. The Hall–Kier alpha value is -4.31. The molecule has 0 radical (unpaired) electrons. The van der Waals surface area contributed by atoms with Gasteiger partial charge in [-0.25, -0.2) is 0 Å². The Kier molecular flexibility index (Phi) is 75.9. The molecule has 0 fully saturated rings. The number of rotatable bonds is 77. The number of ether oxygens (including phenoxy) is 4. The second-order valence-electron chi connectivity index (χ2n) is 29.0. The molecule has 99 heavy (non-hydrogen) atoms. The van der Waals surface area contributed by atoms with Gasteiger partial charge in [-0.05, 0) is 103 Å². The van der Waals surface area contributed by atoms with Crippen molar-refractivity contribution in [3.63, 3.8) is 0 Å². The van der Waals surface area contributed by atoms with Gasteiger partial charge in [-0.1, -0.05) is 379 Å². The summed E-state index contributed by atoms with van der Waals surface area (Å²) < 4.78 is 22.9. The first-order chi connectivity index (χ1) is 48.6. The number of unbranched alkanes of at least 4 members (excludes halogenated alkanes) is 42. The van der Waals surface area contributed by atoms with Crippen LogP contribution in [-0.4, -0.2) is 82.3 Å². The number of aliphatic carboxylic acids is 1. The van der Waals surface area contributed by atoms with E-state index in [0.29, 0.717) is 23.9 Å². The standard InChI is InChI=1S/C90H157NO8/c1-6-8-10-12-14-16-18-20-22-24-26-28-30-32-34-36-38-40-42-43-44-45-47-48-50-52-54-56-58-60-62-64-66-68-70-72-74-76-78-80-87(92)97-84-86(85-98-90(89(94)95)96-83-82-91(3,4)5)99-88(93)81-79-77-75-73-71-69-67-65-63-61-59-57-55-53-51-49-46-41-39-37-35-33-31-29-27-25-23-21-19-17-15-13-11-9-7-2/h8-11,14-17,20-23,26-29,33,35,39,41,86,90H,6-7,12-13,18-19,24-25,30-32,34,36-38,40,42-85H2,1-5H3/b10-8-,11-9-,16-14-,17-15-,22-20-,23-21-,28-26-,29-27-,35-33-,41-39-. The van der Waals surface area contributed by atoms with E-state index >= 15 is 0 Å². The zero-order valence-electron chi connectivity index (χ0n) is 65.3. The van der Waals surface area contributed by atoms with Crippen LogP contribution in [-0.2, 0) is 33.3 Å². The largest absolute Gasteiger partial charge is 0.545 e. The summed E-state index contributed by atoms with van der Waals surface area (Å²) in [5, 5.41) is 11.9. The van der Waals surface area contributed by atoms with Crippen LogP contribution in [0.1, 0.15) is 373 Å². The second-order valence-corrected chi connectivity index (χ2v) is 29.0. The van der Waals surface area contributed by atoms with E-state index in [9.17, 15) is 19.5 Å². The van der Waals surface area contributed by atoms with Gasteiger partial charge in [-0.3, -0.25) is 9.59 Å². The molecule has 0 saturated heterocycles. The molecule has 0 aliphatic heterocycles. The number of hydrogen-bond donors (Lipinski definition) is 0. The van der Waals surface area contributed by atoms with Crippen LogP contribution in [0.5, 0.6) is 0 Å². The number of nitrogens with zero attached hydrogens (tertiary/aromatic N) is 1. The van der Waals surface area contributed by atoms with E-state index in [2.05, 4.69) is 135 Å². The third kappa shape index (κ3) is 80.9. The summed E-state index contributed by atoms with van der Waals surface area (Å²) in [7, 11) is 5.95. The van der Waals surface area contributed by atoms with Crippen LogP contribution in [0, 0.1) is 0 Å². The Balaban J connectivity index is 3.97. The lowest BCUT2D eigenvalue weighted by atomic mass is 10.0. The van der Waals surface area contributed by atoms with Crippen molar-refractivity contribution in [2.75, 3.05) is 47.5 Å². The molecule has 0 saturated carbocycles. The lowest BCUT2D eigenvalue weighted by molar-refractivity contribution is -0.870. The Morgan fingerprint density at radius 1 is 0.303 bits per heavy atom. The highest BCUT2D eigenvalue weighted by Gasteiger charge is 2.22. The lowest BCUT2D eigenvalue weighted by Gasteiger charge is -2.26. The van der Waals surface area contributed by atoms with Gasteiger partial charge in [-0.2, -0.15) is 0 Å². The molecular formula is C90H157NO8. The van der Waals surface area contributed by atoms with Gasteiger partial charge in [-0.15, -0.1) is 0 Å². The number of hydrogen-bond acceptors (Lipinski definition) is 8. The first-order valence-corrected chi connectivity index (χ1v) is 41.7. The van der Waals surface area contributed by atoms with Gasteiger partial charge in [0.15, 0.2) is 12.4 Å². The number of carboxylic acid groups (broad SMARTS) is 1. The predicted octanol–water partition coefficient (Wildman–Crippen LogP) is 25.7. The highest BCUT2D eigenvalue weighted by atomic mass is 16.7. The maximum Gasteiger partial charge on any atom is 0.306 e. The predicted molar refractivity (Wildman–Crippen MR) is 426 cm³/mol. The minimum absolute atomic E-state index is 0.146. The van der Waals surface area contributed by atoms with E-state index in [1.54, 1.807) is 0 Å². The smallest absolute Gasteiger partial charge is 0.306 e. The van der Waals surface area contributed by atoms with Crippen molar-refractivity contribution >= 4 is 17.9 Å². The Morgan fingerprint density at radius 3 is 0.808 bits per heavy atom. The highest BCUT2D eigenvalue weighted by molar-refractivity contribution is 5.70. The molecule has 0 aromatic heterocycles. The molecule has 0 aromatic carbocycles. The number of esters is 2. The average molecular weight is 1380 g/mol. The second kappa shape index (κ2) is 79.4.